The zero-order valence-electron chi connectivity index (χ0n) is 15.4. The number of nitrogens with one attached hydrogen (secondary N) is 2. The molecular weight excluding hydrogens is 331 g/mol. The van der Waals surface area contributed by atoms with E-state index in [4.69, 9.17) is 0 Å². The maximum atomic E-state index is 13.3. The monoisotopic (exact) mass is 356 g/mol. The maximum Gasteiger partial charge on any atom is 0.251 e. The van der Waals surface area contributed by atoms with Crippen molar-refractivity contribution in [2.75, 3.05) is 27.7 Å². The lowest BCUT2D eigenvalue weighted by molar-refractivity contribution is 0.0963. The van der Waals surface area contributed by atoms with Gasteiger partial charge < -0.3 is 15.5 Å². The second-order valence-corrected chi connectivity index (χ2v) is 5.99. The molecule has 5 nitrogen and oxygen atoms in total. The highest BCUT2D eigenvalue weighted by Gasteiger charge is 2.08. The number of guanidine groups is 1. The molecule has 0 atom stereocenters. The minimum absolute atomic E-state index is 0.0922. The van der Waals surface area contributed by atoms with Crippen LogP contribution < -0.4 is 10.6 Å². The molecule has 0 heterocycles. The van der Waals surface area contributed by atoms with E-state index in [2.05, 4.69) is 15.6 Å². The van der Waals surface area contributed by atoms with Gasteiger partial charge in [-0.1, -0.05) is 24.3 Å². The molecule has 2 aromatic rings. The van der Waals surface area contributed by atoms with E-state index >= 15 is 0 Å². The van der Waals surface area contributed by atoms with Gasteiger partial charge >= 0.3 is 0 Å². The van der Waals surface area contributed by atoms with Crippen LogP contribution in [-0.4, -0.2) is 44.5 Å². The zero-order chi connectivity index (χ0) is 18.9. The largest absolute Gasteiger partial charge is 0.356 e. The van der Waals surface area contributed by atoms with Crippen molar-refractivity contribution in [3.05, 3.63) is 71.0 Å². The highest BCUT2D eigenvalue weighted by atomic mass is 19.1. The first-order valence-electron chi connectivity index (χ1n) is 8.50. The summed E-state index contributed by atoms with van der Waals surface area (Å²) in [5.41, 5.74) is 2.60. The number of rotatable bonds is 6. The van der Waals surface area contributed by atoms with Gasteiger partial charge in [0.2, 0.25) is 0 Å². The molecule has 0 spiro atoms. The van der Waals surface area contributed by atoms with Gasteiger partial charge in [-0.25, -0.2) is 4.39 Å². The van der Waals surface area contributed by atoms with Crippen molar-refractivity contribution in [2.24, 2.45) is 4.99 Å². The van der Waals surface area contributed by atoms with E-state index in [1.165, 1.54) is 12.1 Å². The molecule has 6 heteroatoms. The maximum absolute atomic E-state index is 13.3. The number of amides is 1. The molecule has 0 radical (unpaired) electrons. The molecule has 138 valence electrons. The molecule has 26 heavy (non-hydrogen) atoms. The molecule has 0 saturated heterocycles. The van der Waals surface area contributed by atoms with Crippen molar-refractivity contribution >= 4 is 11.9 Å². The predicted octanol–water partition coefficient (Wildman–Crippen LogP) is 2.44. The first-order chi connectivity index (χ1) is 12.5. The van der Waals surface area contributed by atoms with Gasteiger partial charge in [0, 0.05) is 39.8 Å². The van der Waals surface area contributed by atoms with Crippen LogP contribution in [0.15, 0.2) is 53.5 Å². The molecule has 0 fully saturated rings. The van der Waals surface area contributed by atoms with Crippen molar-refractivity contribution < 1.29 is 9.18 Å². The van der Waals surface area contributed by atoms with Crippen LogP contribution in [0.1, 0.15) is 21.5 Å². The third-order valence-corrected chi connectivity index (χ3v) is 4.00. The topological polar surface area (TPSA) is 56.7 Å². The second kappa shape index (κ2) is 9.56. The molecule has 0 saturated carbocycles. The lowest BCUT2D eigenvalue weighted by Gasteiger charge is -2.22. The fourth-order valence-electron chi connectivity index (χ4n) is 2.70. The number of hydrogen-bond donors (Lipinski definition) is 2. The quantitative estimate of drug-likeness (QED) is 0.617. The summed E-state index contributed by atoms with van der Waals surface area (Å²) in [7, 11) is 5.25. The van der Waals surface area contributed by atoms with Gasteiger partial charge in [-0.15, -0.1) is 0 Å². The van der Waals surface area contributed by atoms with E-state index in [1.807, 2.05) is 36.2 Å². The van der Waals surface area contributed by atoms with Gasteiger partial charge in [0.25, 0.3) is 5.91 Å². The lowest BCUT2D eigenvalue weighted by Crippen LogP contribution is -2.39. The Balaban J connectivity index is 1.89. The summed E-state index contributed by atoms with van der Waals surface area (Å²) in [4.78, 5) is 17.9. The van der Waals surface area contributed by atoms with Crippen LogP contribution in [-0.2, 0) is 13.0 Å². The number of carbonyl (C=O) groups is 1. The van der Waals surface area contributed by atoms with E-state index in [0.29, 0.717) is 18.7 Å². The average Bonchev–Trinajstić information content (AvgIpc) is 2.64. The van der Waals surface area contributed by atoms with Gasteiger partial charge in [-0.3, -0.25) is 9.79 Å². The Labute approximate surface area is 153 Å². The highest BCUT2D eigenvalue weighted by Crippen LogP contribution is 2.07. The molecule has 0 bridgehead atoms. The average molecular weight is 356 g/mol. The smallest absolute Gasteiger partial charge is 0.251 e. The van der Waals surface area contributed by atoms with Gasteiger partial charge in [-0.05, 0) is 41.8 Å². The molecule has 2 aromatic carbocycles. The number of nitrogens with zero attached hydrogens (tertiary/aromatic N) is 2. The van der Waals surface area contributed by atoms with Crippen molar-refractivity contribution in [3.8, 4) is 0 Å². The molecule has 0 aliphatic heterocycles. The van der Waals surface area contributed by atoms with Crippen molar-refractivity contribution in [3.63, 3.8) is 0 Å². The van der Waals surface area contributed by atoms with Gasteiger partial charge in [0.15, 0.2) is 5.96 Å². The normalized spacial score (nSPS) is 11.2. The fraction of sp³-hybridized carbons (Fsp3) is 0.300. The van der Waals surface area contributed by atoms with Crippen LogP contribution in [0.5, 0.6) is 0 Å². The summed E-state index contributed by atoms with van der Waals surface area (Å²) in [6, 6.07) is 14.1. The Bertz CT molecular complexity index is 776. The van der Waals surface area contributed by atoms with Gasteiger partial charge in [-0.2, -0.15) is 0 Å². The Morgan fingerprint density at radius 1 is 1.15 bits per heavy atom. The van der Waals surface area contributed by atoms with E-state index in [1.54, 1.807) is 26.2 Å². The minimum Gasteiger partial charge on any atom is -0.356 e. The molecule has 0 unspecified atom stereocenters. The van der Waals surface area contributed by atoms with Crippen LogP contribution >= 0.6 is 0 Å². The molecule has 0 aliphatic rings. The number of benzene rings is 2. The fourth-order valence-corrected chi connectivity index (χ4v) is 2.70. The number of halogens is 1. The van der Waals surface area contributed by atoms with E-state index < -0.39 is 0 Å². The number of carbonyl (C=O) groups excluding carboxylic acids is 1. The molecule has 1 amide bonds. The zero-order valence-corrected chi connectivity index (χ0v) is 15.4. The SMILES string of the molecule is CN=C(NCCc1cccc(C(=O)NC)c1)N(C)Cc1cccc(F)c1. The van der Waals surface area contributed by atoms with E-state index in [9.17, 15) is 9.18 Å². The summed E-state index contributed by atoms with van der Waals surface area (Å²) >= 11 is 0. The standard InChI is InChI=1S/C20H25FN4O/c1-22-19(26)17-8-4-6-15(12-17)10-11-24-20(23-2)25(3)14-16-7-5-9-18(21)13-16/h4-9,12-13H,10-11,14H2,1-3H3,(H,22,26)(H,23,24). The first kappa shape index (κ1) is 19.4. The summed E-state index contributed by atoms with van der Waals surface area (Å²) in [6.45, 7) is 1.24. The summed E-state index contributed by atoms with van der Waals surface area (Å²) in [6.07, 6.45) is 0.762. The highest BCUT2D eigenvalue weighted by molar-refractivity contribution is 5.94. The molecular formula is C20H25FN4O. The van der Waals surface area contributed by atoms with E-state index in [-0.39, 0.29) is 11.7 Å². The minimum atomic E-state index is -0.241. The third-order valence-electron chi connectivity index (χ3n) is 4.00. The summed E-state index contributed by atoms with van der Waals surface area (Å²) in [5.74, 6) is 0.400. The summed E-state index contributed by atoms with van der Waals surface area (Å²) < 4.78 is 13.3. The number of aliphatic imine (C=N–C) groups is 1. The molecule has 0 aromatic heterocycles. The van der Waals surface area contributed by atoms with Crippen LogP contribution in [0.2, 0.25) is 0 Å². The molecule has 0 aliphatic carbocycles. The summed E-state index contributed by atoms with van der Waals surface area (Å²) in [5, 5.41) is 5.92. The van der Waals surface area contributed by atoms with Crippen LogP contribution in [0.3, 0.4) is 0 Å². The molecule has 2 rings (SSSR count). The van der Waals surface area contributed by atoms with E-state index in [0.717, 1.165) is 23.5 Å². The van der Waals surface area contributed by atoms with Crippen LogP contribution in [0.25, 0.3) is 0 Å². The Hall–Kier alpha value is -2.89. The Morgan fingerprint density at radius 2 is 1.88 bits per heavy atom. The third kappa shape index (κ3) is 5.58. The van der Waals surface area contributed by atoms with Crippen LogP contribution in [0.4, 0.5) is 4.39 Å². The van der Waals surface area contributed by atoms with Gasteiger partial charge in [0.1, 0.15) is 5.82 Å². The number of hydrogen-bond acceptors (Lipinski definition) is 2. The van der Waals surface area contributed by atoms with Crippen molar-refractivity contribution in [2.45, 2.75) is 13.0 Å². The lowest BCUT2D eigenvalue weighted by atomic mass is 10.1. The van der Waals surface area contributed by atoms with Crippen molar-refractivity contribution in [1.82, 2.24) is 15.5 Å². The predicted molar refractivity (Wildman–Crippen MR) is 103 cm³/mol. The Morgan fingerprint density at radius 3 is 2.58 bits per heavy atom. The molecule has 2 N–H and O–H groups in total. The second-order valence-electron chi connectivity index (χ2n) is 5.99. The first-order valence-corrected chi connectivity index (χ1v) is 8.50. The van der Waals surface area contributed by atoms with Crippen molar-refractivity contribution in [1.29, 1.82) is 0 Å². The van der Waals surface area contributed by atoms with Crippen LogP contribution in [0, 0.1) is 5.82 Å². The van der Waals surface area contributed by atoms with Gasteiger partial charge in [0.05, 0.1) is 0 Å². The Kier molecular flexibility index (Phi) is 7.14.